The number of alkyl halides is 1. The van der Waals surface area contributed by atoms with Crippen LogP contribution in [0.2, 0.25) is 0 Å². The van der Waals surface area contributed by atoms with Gasteiger partial charge in [0.25, 0.3) is 0 Å². The van der Waals surface area contributed by atoms with E-state index in [1.165, 1.54) is 0 Å². The molecule has 6 heavy (non-hydrogen) atoms. The fraction of sp³-hybridized carbons (Fsp3) is 1.00. The van der Waals surface area contributed by atoms with Gasteiger partial charge in [-0.15, -0.1) is 0 Å². The van der Waals surface area contributed by atoms with Crippen molar-refractivity contribution in [3.63, 3.8) is 0 Å². The fourth-order valence-electron chi connectivity index (χ4n) is 0. The van der Waals surface area contributed by atoms with Crippen LogP contribution >= 0.6 is 15.9 Å². The first-order valence-corrected chi connectivity index (χ1v) is 2.74. The van der Waals surface area contributed by atoms with Crippen molar-refractivity contribution < 1.29 is 15.1 Å². The van der Waals surface area contributed by atoms with Gasteiger partial charge in [-0.25, -0.2) is 0 Å². The average Bonchev–Trinajstić information content (AvgIpc) is 1.41. The summed E-state index contributed by atoms with van der Waals surface area (Å²) < 4.78 is 0. The Morgan fingerprint density at radius 2 is 1.17 bits per heavy atom. The Bertz CT molecular complexity index is 15.5. The number of rotatable bonds is 0. The maximum Gasteiger partial charge on any atom is 0.631 e. The van der Waals surface area contributed by atoms with Crippen molar-refractivity contribution in [2.45, 2.75) is 0 Å². The van der Waals surface area contributed by atoms with Gasteiger partial charge >= 0.3 is 7.32 Å². The van der Waals surface area contributed by atoms with Crippen LogP contribution in [0.25, 0.3) is 0 Å². The maximum absolute atomic E-state index is 7.17. The van der Waals surface area contributed by atoms with Crippen LogP contribution in [0.4, 0.5) is 0 Å². The highest BCUT2D eigenvalue weighted by Crippen LogP contribution is 1.45. The molecule has 0 aromatic rings. The van der Waals surface area contributed by atoms with Crippen molar-refractivity contribution in [3.05, 3.63) is 0 Å². The molecular formula is CH6BBrO3. The molecule has 5 heteroatoms. The highest BCUT2D eigenvalue weighted by molar-refractivity contribution is 9.08. The topological polar surface area (TPSA) is 60.7 Å². The van der Waals surface area contributed by atoms with Gasteiger partial charge in [0.1, 0.15) is 0 Å². The summed E-state index contributed by atoms with van der Waals surface area (Å²) in [6.45, 7) is 0. The van der Waals surface area contributed by atoms with Crippen LogP contribution in [0.1, 0.15) is 0 Å². The van der Waals surface area contributed by atoms with Crippen molar-refractivity contribution in [3.8, 4) is 0 Å². The van der Waals surface area contributed by atoms with E-state index in [9.17, 15) is 0 Å². The summed E-state index contributed by atoms with van der Waals surface area (Å²) in [5.74, 6) is 1.81. The molecule has 0 amide bonds. The molecule has 0 saturated heterocycles. The standard InChI is InChI=1S/CH3Br.BH3O3/c1-2;2-1(3)4/h1H3;2-4H. The molecule has 3 nitrogen and oxygen atoms in total. The minimum atomic E-state index is -2.17. The largest absolute Gasteiger partial charge is 0.631 e. The van der Waals surface area contributed by atoms with Crippen LogP contribution in [0.5, 0.6) is 0 Å². The lowest BCUT2D eigenvalue weighted by Gasteiger charge is -1.69. The van der Waals surface area contributed by atoms with Gasteiger partial charge < -0.3 is 15.1 Å². The van der Waals surface area contributed by atoms with E-state index < -0.39 is 7.32 Å². The minimum absolute atomic E-state index is 1.81. The number of hydrogen-bond donors (Lipinski definition) is 3. The zero-order valence-electron chi connectivity index (χ0n) is 3.30. The van der Waals surface area contributed by atoms with Crippen LogP contribution in [0.3, 0.4) is 0 Å². The maximum atomic E-state index is 7.17. The molecule has 0 aliphatic carbocycles. The molecule has 0 radical (unpaired) electrons. The van der Waals surface area contributed by atoms with Gasteiger partial charge in [0.15, 0.2) is 0 Å². The van der Waals surface area contributed by atoms with E-state index in [0.717, 1.165) is 0 Å². The van der Waals surface area contributed by atoms with Crippen molar-refractivity contribution in [1.29, 1.82) is 0 Å². The van der Waals surface area contributed by atoms with Gasteiger partial charge in [0.05, 0.1) is 0 Å². The molecule has 0 heterocycles. The zero-order valence-corrected chi connectivity index (χ0v) is 4.88. The lowest BCUT2D eigenvalue weighted by atomic mass is 10.3. The molecule has 0 atom stereocenters. The van der Waals surface area contributed by atoms with Gasteiger partial charge in [-0.05, 0) is 5.83 Å². The van der Waals surface area contributed by atoms with Crippen molar-refractivity contribution in [2.75, 3.05) is 5.83 Å². The zero-order chi connectivity index (χ0) is 5.58. The van der Waals surface area contributed by atoms with Crippen LogP contribution in [0.15, 0.2) is 0 Å². The predicted molar refractivity (Wildman–Crippen MR) is 27.3 cm³/mol. The SMILES string of the molecule is CBr.OB(O)O. The smallest absolute Gasteiger partial charge is 0.402 e. The second kappa shape index (κ2) is 9.06. The minimum Gasteiger partial charge on any atom is -0.402 e. The van der Waals surface area contributed by atoms with Crippen molar-refractivity contribution >= 4 is 23.3 Å². The molecular weight excluding hydrogens is 151 g/mol. The Balaban J connectivity index is 0. The monoisotopic (exact) mass is 156 g/mol. The van der Waals surface area contributed by atoms with Crippen LogP contribution in [-0.4, -0.2) is 28.2 Å². The fourth-order valence-corrected chi connectivity index (χ4v) is 0. The third kappa shape index (κ3) is 287. The van der Waals surface area contributed by atoms with Crippen LogP contribution in [-0.2, 0) is 0 Å². The summed E-state index contributed by atoms with van der Waals surface area (Å²) in [5.41, 5.74) is 0. The van der Waals surface area contributed by atoms with Gasteiger partial charge in [-0.2, -0.15) is 0 Å². The van der Waals surface area contributed by atoms with Crippen LogP contribution in [0, 0.1) is 0 Å². The highest BCUT2D eigenvalue weighted by Gasteiger charge is 1.92. The van der Waals surface area contributed by atoms with E-state index in [1.54, 1.807) is 0 Å². The Morgan fingerprint density at radius 3 is 1.17 bits per heavy atom. The molecule has 38 valence electrons. The van der Waals surface area contributed by atoms with E-state index in [-0.39, 0.29) is 0 Å². The van der Waals surface area contributed by atoms with Crippen molar-refractivity contribution in [1.82, 2.24) is 0 Å². The predicted octanol–water partition coefficient (Wildman–Crippen LogP) is -1.04. The van der Waals surface area contributed by atoms with E-state index in [2.05, 4.69) is 15.9 Å². The molecule has 0 bridgehead atoms. The Kier molecular flexibility index (Phi) is 14.6. The van der Waals surface area contributed by atoms with Gasteiger partial charge in [-0.3, -0.25) is 0 Å². The van der Waals surface area contributed by atoms with E-state index >= 15 is 0 Å². The first-order valence-electron chi connectivity index (χ1n) is 1.15. The Hall–Kier alpha value is 0.425. The third-order valence-corrected chi connectivity index (χ3v) is 0. The van der Waals surface area contributed by atoms with E-state index in [1.807, 2.05) is 5.83 Å². The normalized spacial score (nSPS) is 5.50. The molecule has 3 N–H and O–H groups in total. The molecule has 0 aromatic heterocycles. The van der Waals surface area contributed by atoms with Crippen molar-refractivity contribution in [2.24, 2.45) is 0 Å². The molecule has 0 aromatic carbocycles. The quantitative estimate of drug-likeness (QED) is 0.310. The molecule has 0 rings (SSSR count). The number of halogens is 1. The van der Waals surface area contributed by atoms with E-state index in [0.29, 0.717) is 0 Å². The highest BCUT2D eigenvalue weighted by atomic mass is 79.9. The summed E-state index contributed by atoms with van der Waals surface area (Å²) in [4.78, 5) is 0. The Labute approximate surface area is 44.9 Å². The van der Waals surface area contributed by atoms with Gasteiger partial charge in [0, 0.05) is 0 Å². The summed E-state index contributed by atoms with van der Waals surface area (Å²) >= 11 is 2.94. The summed E-state index contributed by atoms with van der Waals surface area (Å²) in [7, 11) is -2.17. The Morgan fingerprint density at radius 1 is 1.17 bits per heavy atom. The molecule has 0 fully saturated rings. The molecule has 0 aliphatic heterocycles. The van der Waals surface area contributed by atoms with Gasteiger partial charge in [-0.1, -0.05) is 15.9 Å². The summed E-state index contributed by atoms with van der Waals surface area (Å²) in [5, 5.41) is 21.5. The summed E-state index contributed by atoms with van der Waals surface area (Å²) in [6, 6.07) is 0. The third-order valence-electron chi connectivity index (χ3n) is 0. The van der Waals surface area contributed by atoms with Crippen LogP contribution < -0.4 is 0 Å². The lowest BCUT2D eigenvalue weighted by Crippen LogP contribution is -2.07. The first kappa shape index (κ1) is 9.66. The number of hydrogen-bond acceptors (Lipinski definition) is 3. The van der Waals surface area contributed by atoms with E-state index in [4.69, 9.17) is 15.1 Å². The average molecular weight is 157 g/mol. The summed E-state index contributed by atoms with van der Waals surface area (Å²) in [6.07, 6.45) is 0. The second-order valence-electron chi connectivity index (χ2n) is 0.346. The molecule has 0 aliphatic rings. The molecule has 0 saturated carbocycles. The lowest BCUT2D eigenvalue weighted by molar-refractivity contribution is 0.278. The van der Waals surface area contributed by atoms with Gasteiger partial charge in [0.2, 0.25) is 0 Å². The molecule has 0 unspecified atom stereocenters. The molecule has 0 spiro atoms. The second-order valence-corrected chi connectivity index (χ2v) is 0.346. The first-order chi connectivity index (χ1) is 2.73.